The van der Waals surface area contributed by atoms with Crippen LogP contribution in [0.5, 0.6) is 0 Å². The lowest BCUT2D eigenvalue weighted by Crippen LogP contribution is -2.27. The molecule has 0 amide bonds. The Hall–Kier alpha value is -4.88. The fourth-order valence-electron chi connectivity index (χ4n) is 16.4. The Labute approximate surface area is 523 Å². The summed E-state index contributed by atoms with van der Waals surface area (Å²) in [4.78, 5) is 0. The van der Waals surface area contributed by atoms with Crippen LogP contribution in [0.25, 0.3) is 0 Å². The van der Waals surface area contributed by atoms with Gasteiger partial charge in [-0.2, -0.15) is 0 Å². The zero-order valence-electron chi connectivity index (χ0n) is 55.0. The molecule has 3 saturated carbocycles. The van der Waals surface area contributed by atoms with Crippen molar-refractivity contribution < 1.29 is 23.7 Å². The first-order valence-electron chi connectivity index (χ1n) is 34.7. The molecule has 14 rings (SSSR count). The molecular weight excluding hydrogens is 1060 g/mol. The molecule has 5 nitrogen and oxygen atoms in total. The van der Waals surface area contributed by atoms with Gasteiger partial charge in [0.2, 0.25) is 0 Å². The molecule has 12 atom stereocenters. The zero-order chi connectivity index (χ0) is 60.2. The van der Waals surface area contributed by atoms with Crippen molar-refractivity contribution in [1.82, 2.24) is 0 Å². The number of fused-ring (bicyclic) bond motifs is 1. The summed E-state index contributed by atoms with van der Waals surface area (Å²) in [5.41, 5.74) is 26.4. The Kier molecular flexibility index (Phi) is 15.9. The third-order valence-corrected chi connectivity index (χ3v) is 24.3. The molecule has 460 valence electrons. The van der Waals surface area contributed by atoms with Crippen molar-refractivity contribution in [1.29, 1.82) is 0 Å². The summed E-state index contributed by atoms with van der Waals surface area (Å²) in [6.07, 6.45) is 18.9. The summed E-state index contributed by atoms with van der Waals surface area (Å²) >= 11 is 0. The van der Waals surface area contributed by atoms with Gasteiger partial charge in [-0.3, -0.25) is 0 Å². The van der Waals surface area contributed by atoms with Crippen molar-refractivity contribution in [3.05, 3.63) is 209 Å². The maximum Gasteiger partial charge on any atom is 0.0850 e. The molecule has 87 heavy (non-hydrogen) atoms. The highest BCUT2D eigenvalue weighted by atomic mass is 16.6. The lowest BCUT2D eigenvalue weighted by atomic mass is 9.68. The van der Waals surface area contributed by atoms with Gasteiger partial charge in [0.1, 0.15) is 0 Å². The maximum atomic E-state index is 6.27. The van der Waals surface area contributed by atoms with Gasteiger partial charge in [0, 0.05) is 53.8 Å². The predicted octanol–water partition coefficient (Wildman–Crippen LogP) is 17.5. The highest BCUT2D eigenvalue weighted by Gasteiger charge is 2.59. The fraction of sp³-hybridized carbons (Fsp3) is 0.561. The molecule has 8 aliphatic rings. The first-order chi connectivity index (χ1) is 41.9. The summed E-state index contributed by atoms with van der Waals surface area (Å²) in [6.45, 7) is 31.8. The van der Waals surface area contributed by atoms with Crippen LogP contribution < -0.4 is 0 Å². The molecule has 5 heteroatoms. The van der Waals surface area contributed by atoms with Crippen LogP contribution in [0, 0.1) is 23.2 Å². The van der Waals surface area contributed by atoms with Crippen molar-refractivity contribution >= 4 is 0 Å². The normalized spacial score (nSPS) is 27.8. The van der Waals surface area contributed by atoms with Gasteiger partial charge in [0.25, 0.3) is 0 Å². The minimum absolute atomic E-state index is 0.0183. The Bertz CT molecular complexity index is 3470. The third kappa shape index (κ3) is 12.2. The van der Waals surface area contributed by atoms with Crippen LogP contribution in [0.4, 0.5) is 0 Å². The van der Waals surface area contributed by atoms with E-state index in [1.165, 1.54) is 103 Å². The second kappa shape index (κ2) is 23.1. The van der Waals surface area contributed by atoms with Crippen LogP contribution in [0.15, 0.2) is 109 Å². The molecule has 0 spiro atoms. The fourth-order valence-corrected chi connectivity index (χ4v) is 16.4. The number of hydrogen-bond donors (Lipinski definition) is 0. The van der Waals surface area contributed by atoms with Crippen LogP contribution in [-0.2, 0) is 96.7 Å². The molecule has 12 unspecified atom stereocenters. The average molecular weight is 1170 g/mol. The van der Waals surface area contributed by atoms with Gasteiger partial charge < -0.3 is 23.7 Å². The minimum Gasteiger partial charge on any atom is -0.377 e. The van der Waals surface area contributed by atoms with Gasteiger partial charge in [-0.15, -0.1) is 0 Å². The van der Waals surface area contributed by atoms with Crippen molar-refractivity contribution in [3.8, 4) is 0 Å². The largest absolute Gasteiger partial charge is 0.377 e. The number of ether oxygens (including phenoxy) is 5. The Morgan fingerprint density at radius 1 is 0.460 bits per heavy atom. The summed E-state index contributed by atoms with van der Waals surface area (Å²) in [5.74, 6) is 2.72. The van der Waals surface area contributed by atoms with Crippen molar-refractivity contribution in [2.45, 2.75) is 237 Å². The van der Waals surface area contributed by atoms with Crippen molar-refractivity contribution in [2.75, 3.05) is 33.0 Å². The first-order valence-corrected chi connectivity index (χ1v) is 34.7. The van der Waals surface area contributed by atoms with Crippen LogP contribution in [0.2, 0.25) is 0 Å². The van der Waals surface area contributed by atoms with Gasteiger partial charge in [0.05, 0.1) is 63.6 Å². The lowest BCUT2D eigenvalue weighted by Gasteiger charge is -2.36. The standard InChI is InChI=1S/C82H102O5/c1-12-30-78(6,7)75-41-66(82(11,15-4)62-26-20-53(21-27-62)32-68-47-84-68)39-59(73(75)43-70-49-86-70)35-57-37-64(80(9,13-2)61-24-18-52(19-25-61)31-67-46-83-67)36-56(71(57)33-54-16-17-54)34-58-38-65(40-60(45-79(8)44-51(79)5)72(58)42-69-48-85-69)81(10,14-3)63-28-22-55(23-29-63)76-74-50-87-77(74)76/h18-29,36-41,51,54,67-70,74,76-77H,12-17,30-35,42-50H2,1-11H3. The lowest BCUT2D eigenvalue weighted by molar-refractivity contribution is 0.0227. The monoisotopic (exact) mass is 1170 g/mol. The highest BCUT2D eigenvalue weighted by molar-refractivity contribution is 5.57. The van der Waals surface area contributed by atoms with Crippen LogP contribution in [0.3, 0.4) is 0 Å². The van der Waals surface area contributed by atoms with E-state index in [4.69, 9.17) is 23.7 Å². The molecule has 0 aromatic heterocycles. The Morgan fingerprint density at radius 3 is 1.24 bits per heavy atom. The number of hydrogen-bond acceptors (Lipinski definition) is 5. The number of epoxide rings is 4. The molecule has 0 radical (unpaired) electrons. The second-order valence-electron chi connectivity index (χ2n) is 31.0. The minimum atomic E-state index is -0.219. The topological polar surface area (TPSA) is 59.4 Å². The maximum absolute atomic E-state index is 6.27. The second-order valence-corrected chi connectivity index (χ2v) is 31.0. The van der Waals surface area contributed by atoms with Crippen molar-refractivity contribution in [2.24, 2.45) is 23.2 Å². The zero-order valence-corrected chi connectivity index (χ0v) is 55.0. The molecule has 0 N–H and O–H groups in total. The molecule has 0 bridgehead atoms. The molecule has 8 fully saturated rings. The van der Waals surface area contributed by atoms with E-state index in [-0.39, 0.29) is 33.9 Å². The highest BCUT2D eigenvalue weighted by Crippen LogP contribution is 2.58. The van der Waals surface area contributed by atoms with Crippen LogP contribution in [0.1, 0.15) is 234 Å². The van der Waals surface area contributed by atoms with Crippen LogP contribution >= 0.6 is 0 Å². The van der Waals surface area contributed by atoms with Gasteiger partial charge in [-0.25, -0.2) is 0 Å². The summed E-state index contributed by atoms with van der Waals surface area (Å²) < 4.78 is 29.9. The van der Waals surface area contributed by atoms with Crippen molar-refractivity contribution in [3.63, 3.8) is 0 Å². The molecule has 5 aliphatic heterocycles. The van der Waals surface area contributed by atoms with E-state index in [1.54, 1.807) is 16.7 Å². The molecule has 5 heterocycles. The smallest absolute Gasteiger partial charge is 0.0850 e. The Balaban J connectivity index is 0.955. The molecule has 3 aliphatic carbocycles. The molecule has 5 saturated heterocycles. The molecule has 6 aromatic rings. The molecule has 6 aromatic carbocycles. The number of rotatable bonds is 29. The Morgan fingerprint density at radius 2 is 0.851 bits per heavy atom. The van der Waals surface area contributed by atoms with E-state index >= 15 is 0 Å². The third-order valence-electron chi connectivity index (χ3n) is 24.3. The van der Waals surface area contributed by atoms with E-state index in [9.17, 15) is 0 Å². The van der Waals surface area contributed by atoms with Gasteiger partial charge in [-0.05, 0) is 193 Å². The summed E-state index contributed by atoms with van der Waals surface area (Å²) in [6, 6.07) is 45.5. The van der Waals surface area contributed by atoms with E-state index < -0.39 is 0 Å². The van der Waals surface area contributed by atoms with E-state index in [2.05, 4.69) is 185 Å². The summed E-state index contributed by atoms with van der Waals surface area (Å²) in [7, 11) is 0. The van der Waals surface area contributed by atoms with Gasteiger partial charge >= 0.3 is 0 Å². The first kappa shape index (κ1) is 59.7. The van der Waals surface area contributed by atoms with Crippen LogP contribution in [-0.4, -0.2) is 63.6 Å². The summed E-state index contributed by atoms with van der Waals surface area (Å²) in [5, 5.41) is 0. The van der Waals surface area contributed by atoms with Gasteiger partial charge in [-0.1, -0.05) is 192 Å². The number of benzene rings is 6. The molecular formula is C82H102O5. The SMILES string of the molecule is CCCC(C)(C)c1cc(C(C)(CC)c2ccc(CC3CO3)cc2)cc(Cc2cc(C(C)(CC)c3ccc(CC4CO4)cc3)cc(Cc3cc(C(C)(CC)c4ccc(C5C6COC65)cc4)cc(CC4(C)CC4C)c3CC3CO3)c2CC2CC2)c1CC1CO1. The van der Waals surface area contributed by atoms with E-state index in [0.717, 1.165) is 128 Å². The average Bonchev–Trinajstić information content (AvgIpc) is 1.38. The quantitative estimate of drug-likeness (QED) is 0.0438. The predicted molar refractivity (Wildman–Crippen MR) is 354 cm³/mol. The van der Waals surface area contributed by atoms with Gasteiger partial charge in [0.15, 0.2) is 0 Å². The van der Waals surface area contributed by atoms with E-state index in [0.29, 0.717) is 35.6 Å². The van der Waals surface area contributed by atoms with E-state index in [1.807, 2.05) is 0 Å².